The molecule has 0 atom stereocenters. The summed E-state index contributed by atoms with van der Waals surface area (Å²) in [4.78, 5) is 30.4. The summed E-state index contributed by atoms with van der Waals surface area (Å²) in [6.45, 7) is 2.72. The van der Waals surface area contributed by atoms with Gasteiger partial charge in [-0.2, -0.15) is 0 Å². The third-order valence-corrected chi connectivity index (χ3v) is 4.92. The average molecular weight is 369 g/mol. The van der Waals surface area contributed by atoms with Crippen LogP contribution in [0.5, 0.6) is 0 Å². The minimum Gasteiger partial charge on any atom is -0.408 e. The van der Waals surface area contributed by atoms with Gasteiger partial charge in [-0.15, -0.1) is 0 Å². The van der Waals surface area contributed by atoms with E-state index in [1.54, 1.807) is 12.1 Å². The topological polar surface area (TPSA) is 69.6 Å². The van der Waals surface area contributed by atoms with Crippen molar-refractivity contribution in [1.29, 1.82) is 0 Å². The Morgan fingerprint density at radius 1 is 1.11 bits per heavy atom. The molecular weight excluding hydrogens is 349 g/mol. The Bertz CT molecular complexity index is 1020. The fraction of sp³-hybridized carbons (Fsp3) is 0.300. The molecule has 2 heterocycles. The number of nitrogens with one attached hydrogen (secondary N) is 1. The van der Waals surface area contributed by atoms with Crippen LogP contribution in [0.2, 0.25) is 0 Å². The number of H-pyrrole nitrogens is 1. The Labute approximate surface area is 155 Å². The van der Waals surface area contributed by atoms with Gasteiger partial charge in [0.05, 0.1) is 5.52 Å². The number of aryl methyl sites for hydroxylation is 1. The zero-order valence-corrected chi connectivity index (χ0v) is 14.8. The summed E-state index contributed by atoms with van der Waals surface area (Å²) in [5.74, 6) is -0.645. The van der Waals surface area contributed by atoms with Gasteiger partial charge in [0.25, 0.3) is 0 Å². The first-order valence-corrected chi connectivity index (χ1v) is 8.98. The number of carbonyl (C=O) groups excluding carboxylic acids is 1. The monoisotopic (exact) mass is 369 g/mol. The summed E-state index contributed by atoms with van der Waals surface area (Å²) in [6.07, 6.45) is 0.924. The van der Waals surface area contributed by atoms with Crippen molar-refractivity contribution < 1.29 is 13.6 Å². The molecule has 0 unspecified atom stereocenters. The normalized spacial score (nSPS) is 14.7. The number of hydrogen-bond acceptors (Lipinski definition) is 4. The lowest BCUT2D eigenvalue weighted by atomic mass is 10.1. The van der Waals surface area contributed by atoms with Crippen molar-refractivity contribution in [2.24, 2.45) is 0 Å². The summed E-state index contributed by atoms with van der Waals surface area (Å²) in [5.41, 5.74) is 3.04. The third-order valence-electron chi connectivity index (χ3n) is 4.92. The molecule has 1 saturated heterocycles. The van der Waals surface area contributed by atoms with Crippen LogP contribution in [0.4, 0.5) is 10.1 Å². The Kier molecular flexibility index (Phi) is 4.66. The van der Waals surface area contributed by atoms with Gasteiger partial charge in [-0.25, -0.2) is 9.18 Å². The van der Waals surface area contributed by atoms with E-state index in [1.165, 1.54) is 12.1 Å². The number of anilines is 1. The van der Waals surface area contributed by atoms with Gasteiger partial charge < -0.3 is 14.2 Å². The highest BCUT2D eigenvalue weighted by Crippen LogP contribution is 2.21. The number of hydrogen-bond donors (Lipinski definition) is 1. The SMILES string of the molecule is O=C(CCc1cccc(F)c1)N1CCN(c2ccc3oc(=O)[nH]c3c2)CC1. The van der Waals surface area contributed by atoms with Gasteiger partial charge in [0.15, 0.2) is 5.58 Å². The molecule has 3 aromatic rings. The number of aromatic amines is 1. The summed E-state index contributed by atoms with van der Waals surface area (Å²) in [6, 6.07) is 12.0. The maximum absolute atomic E-state index is 13.2. The average Bonchev–Trinajstić information content (AvgIpc) is 3.05. The van der Waals surface area contributed by atoms with Crippen molar-refractivity contribution in [2.45, 2.75) is 12.8 Å². The van der Waals surface area contributed by atoms with Crippen LogP contribution in [0.1, 0.15) is 12.0 Å². The predicted molar refractivity (Wildman–Crippen MR) is 100 cm³/mol. The molecule has 1 aromatic heterocycles. The molecule has 7 heteroatoms. The summed E-state index contributed by atoms with van der Waals surface area (Å²) >= 11 is 0. The molecule has 6 nitrogen and oxygen atoms in total. The Morgan fingerprint density at radius 2 is 1.93 bits per heavy atom. The molecule has 1 aliphatic heterocycles. The molecule has 4 rings (SSSR count). The maximum Gasteiger partial charge on any atom is 0.417 e. The van der Waals surface area contributed by atoms with Crippen molar-refractivity contribution in [1.82, 2.24) is 9.88 Å². The first-order valence-electron chi connectivity index (χ1n) is 8.98. The first kappa shape index (κ1) is 17.3. The summed E-state index contributed by atoms with van der Waals surface area (Å²) in [5, 5.41) is 0. The van der Waals surface area contributed by atoms with E-state index in [0.717, 1.165) is 24.3 Å². The molecule has 0 radical (unpaired) electrons. The molecule has 0 aliphatic carbocycles. The lowest BCUT2D eigenvalue weighted by Gasteiger charge is -2.36. The van der Waals surface area contributed by atoms with Gasteiger partial charge in [0.1, 0.15) is 5.82 Å². The lowest BCUT2D eigenvalue weighted by Crippen LogP contribution is -2.48. The number of oxazole rings is 1. The molecule has 1 aliphatic rings. The largest absolute Gasteiger partial charge is 0.417 e. The van der Waals surface area contributed by atoms with Gasteiger partial charge in [0, 0.05) is 38.3 Å². The standard InChI is InChI=1S/C20H20FN3O3/c21-15-3-1-2-14(12-15)4-7-19(25)24-10-8-23(9-11-24)16-5-6-18-17(13-16)22-20(26)27-18/h1-3,5-6,12-13H,4,7-11H2,(H,22,26). The van der Waals surface area contributed by atoms with Crippen LogP contribution in [0.15, 0.2) is 51.7 Å². The fourth-order valence-electron chi connectivity index (χ4n) is 3.45. The van der Waals surface area contributed by atoms with E-state index in [1.807, 2.05) is 23.1 Å². The van der Waals surface area contributed by atoms with E-state index in [4.69, 9.17) is 4.42 Å². The second kappa shape index (κ2) is 7.26. The number of fused-ring (bicyclic) bond motifs is 1. The molecule has 27 heavy (non-hydrogen) atoms. The van der Waals surface area contributed by atoms with Gasteiger partial charge in [-0.3, -0.25) is 9.78 Å². The lowest BCUT2D eigenvalue weighted by molar-refractivity contribution is -0.131. The number of halogens is 1. The molecular formula is C20H20FN3O3. The third kappa shape index (κ3) is 3.86. The van der Waals surface area contributed by atoms with Crippen LogP contribution in [-0.2, 0) is 11.2 Å². The van der Waals surface area contributed by atoms with Crippen LogP contribution in [0, 0.1) is 5.82 Å². The first-order chi connectivity index (χ1) is 13.1. The van der Waals surface area contributed by atoms with Crippen molar-refractivity contribution in [3.05, 3.63) is 64.4 Å². The summed E-state index contributed by atoms with van der Waals surface area (Å²) in [7, 11) is 0. The van der Waals surface area contributed by atoms with Gasteiger partial charge in [-0.1, -0.05) is 12.1 Å². The fourth-order valence-corrected chi connectivity index (χ4v) is 3.45. The summed E-state index contributed by atoms with van der Waals surface area (Å²) < 4.78 is 18.2. The van der Waals surface area contributed by atoms with Gasteiger partial charge in [-0.05, 0) is 42.3 Å². The van der Waals surface area contributed by atoms with E-state index >= 15 is 0 Å². The van der Waals surface area contributed by atoms with Crippen LogP contribution >= 0.6 is 0 Å². The molecule has 2 aromatic carbocycles. The number of piperazine rings is 1. The number of amides is 1. The highest BCUT2D eigenvalue weighted by Gasteiger charge is 2.21. The van der Waals surface area contributed by atoms with Crippen molar-refractivity contribution in [3.63, 3.8) is 0 Å². The van der Waals surface area contributed by atoms with E-state index in [2.05, 4.69) is 9.88 Å². The molecule has 0 spiro atoms. The highest BCUT2D eigenvalue weighted by atomic mass is 19.1. The molecule has 1 N–H and O–H groups in total. The van der Waals surface area contributed by atoms with Crippen molar-refractivity contribution >= 4 is 22.7 Å². The zero-order chi connectivity index (χ0) is 18.8. The van der Waals surface area contributed by atoms with Crippen LogP contribution in [-0.4, -0.2) is 42.0 Å². The number of rotatable bonds is 4. The van der Waals surface area contributed by atoms with Gasteiger partial charge >= 0.3 is 5.76 Å². The predicted octanol–water partition coefficient (Wildman–Crippen LogP) is 2.54. The van der Waals surface area contributed by atoms with E-state index < -0.39 is 5.76 Å². The molecule has 0 saturated carbocycles. The smallest absolute Gasteiger partial charge is 0.408 e. The second-order valence-corrected chi connectivity index (χ2v) is 6.69. The second-order valence-electron chi connectivity index (χ2n) is 6.69. The molecule has 1 amide bonds. The van der Waals surface area contributed by atoms with E-state index in [0.29, 0.717) is 37.0 Å². The maximum atomic E-state index is 13.2. The number of benzene rings is 2. The zero-order valence-electron chi connectivity index (χ0n) is 14.8. The number of nitrogens with zero attached hydrogens (tertiary/aromatic N) is 2. The van der Waals surface area contributed by atoms with Crippen LogP contribution in [0.25, 0.3) is 11.1 Å². The Morgan fingerprint density at radius 3 is 2.70 bits per heavy atom. The van der Waals surface area contributed by atoms with E-state index in [9.17, 15) is 14.0 Å². The Balaban J connectivity index is 1.33. The number of aromatic nitrogens is 1. The molecule has 0 bridgehead atoms. The van der Waals surface area contributed by atoms with Gasteiger partial charge in [0.2, 0.25) is 5.91 Å². The van der Waals surface area contributed by atoms with Crippen LogP contribution in [0.3, 0.4) is 0 Å². The van der Waals surface area contributed by atoms with Crippen molar-refractivity contribution in [3.8, 4) is 0 Å². The minimum absolute atomic E-state index is 0.0912. The quantitative estimate of drug-likeness (QED) is 0.767. The highest BCUT2D eigenvalue weighted by molar-refractivity contribution is 5.78. The van der Waals surface area contributed by atoms with E-state index in [-0.39, 0.29) is 11.7 Å². The Hall–Kier alpha value is -3.09. The van der Waals surface area contributed by atoms with Crippen LogP contribution < -0.4 is 10.7 Å². The minimum atomic E-state index is -0.462. The molecule has 1 fully saturated rings. The molecule has 140 valence electrons. The number of carbonyl (C=O) groups is 1. The van der Waals surface area contributed by atoms with Crippen molar-refractivity contribution in [2.75, 3.05) is 31.1 Å².